The maximum absolute atomic E-state index is 9.55. The molecular formula is C8H10Cl3NO2. The highest BCUT2D eigenvalue weighted by molar-refractivity contribution is 6.42. The van der Waals surface area contributed by atoms with Crippen LogP contribution in [0.25, 0.3) is 0 Å². The molecule has 0 aromatic heterocycles. The second-order valence-electron chi connectivity index (χ2n) is 2.41. The standard InChI is InChI=1S/C8H9Cl2NO2.ClH/c1-13-6-2-5(9)7(10)4(3-11)8(6)12;/h2,12H,3,11H2,1H3;1H. The number of phenols is 1. The molecule has 0 aliphatic heterocycles. The number of methoxy groups -OCH3 is 1. The summed E-state index contributed by atoms with van der Waals surface area (Å²) in [6.07, 6.45) is 0. The molecule has 80 valence electrons. The summed E-state index contributed by atoms with van der Waals surface area (Å²) in [6.45, 7) is 0.113. The molecule has 14 heavy (non-hydrogen) atoms. The van der Waals surface area contributed by atoms with Gasteiger partial charge in [-0.3, -0.25) is 0 Å². The minimum absolute atomic E-state index is 0. The van der Waals surface area contributed by atoms with Gasteiger partial charge in [0.25, 0.3) is 0 Å². The zero-order valence-corrected chi connectivity index (χ0v) is 9.71. The van der Waals surface area contributed by atoms with E-state index in [1.807, 2.05) is 0 Å². The van der Waals surface area contributed by atoms with Gasteiger partial charge in [0.15, 0.2) is 11.5 Å². The topological polar surface area (TPSA) is 55.5 Å². The lowest BCUT2D eigenvalue weighted by atomic mass is 10.2. The summed E-state index contributed by atoms with van der Waals surface area (Å²) in [6, 6.07) is 1.44. The second kappa shape index (κ2) is 5.51. The van der Waals surface area contributed by atoms with Crippen LogP contribution in [0.15, 0.2) is 6.07 Å². The molecule has 0 radical (unpaired) electrons. The maximum atomic E-state index is 9.55. The number of benzene rings is 1. The Morgan fingerprint density at radius 2 is 2.07 bits per heavy atom. The van der Waals surface area contributed by atoms with Crippen molar-refractivity contribution in [1.29, 1.82) is 0 Å². The van der Waals surface area contributed by atoms with Crippen LogP contribution in [0.4, 0.5) is 0 Å². The van der Waals surface area contributed by atoms with E-state index in [2.05, 4.69) is 0 Å². The lowest BCUT2D eigenvalue weighted by Gasteiger charge is -2.10. The highest BCUT2D eigenvalue weighted by atomic mass is 35.5. The molecule has 1 rings (SSSR count). The zero-order chi connectivity index (χ0) is 10.0. The molecule has 6 heteroatoms. The van der Waals surface area contributed by atoms with Crippen molar-refractivity contribution in [3.05, 3.63) is 21.7 Å². The number of aromatic hydroxyl groups is 1. The molecule has 0 unspecified atom stereocenters. The Labute approximate surface area is 98.2 Å². The first-order chi connectivity index (χ1) is 6.11. The molecule has 0 saturated heterocycles. The minimum atomic E-state index is -0.0561. The third-order valence-corrected chi connectivity index (χ3v) is 2.50. The summed E-state index contributed by atoms with van der Waals surface area (Å²) in [7, 11) is 1.43. The molecule has 3 nitrogen and oxygen atoms in total. The van der Waals surface area contributed by atoms with Gasteiger partial charge in [0, 0.05) is 18.2 Å². The van der Waals surface area contributed by atoms with Gasteiger partial charge in [-0.1, -0.05) is 23.2 Å². The van der Waals surface area contributed by atoms with Crippen LogP contribution in [0.3, 0.4) is 0 Å². The van der Waals surface area contributed by atoms with E-state index in [1.165, 1.54) is 13.2 Å². The molecule has 0 fully saturated rings. The van der Waals surface area contributed by atoms with Crippen molar-refractivity contribution in [3.8, 4) is 11.5 Å². The lowest BCUT2D eigenvalue weighted by Crippen LogP contribution is -1.99. The summed E-state index contributed by atoms with van der Waals surface area (Å²) < 4.78 is 4.87. The Kier molecular flexibility index (Phi) is 5.37. The molecule has 0 bridgehead atoms. The predicted molar refractivity (Wildman–Crippen MR) is 59.8 cm³/mol. The molecule has 0 aliphatic rings. The number of halogens is 3. The zero-order valence-electron chi connectivity index (χ0n) is 7.38. The van der Waals surface area contributed by atoms with Gasteiger partial charge in [-0.2, -0.15) is 0 Å². The van der Waals surface area contributed by atoms with Crippen molar-refractivity contribution in [2.75, 3.05) is 7.11 Å². The summed E-state index contributed by atoms with van der Waals surface area (Å²) >= 11 is 11.6. The Morgan fingerprint density at radius 3 is 2.50 bits per heavy atom. The highest BCUT2D eigenvalue weighted by Gasteiger charge is 2.14. The van der Waals surface area contributed by atoms with E-state index >= 15 is 0 Å². The number of hydrogen-bond acceptors (Lipinski definition) is 3. The molecule has 1 aromatic rings. The third-order valence-electron chi connectivity index (χ3n) is 1.68. The van der Waals surface area contributed by atoms with Crippen molar-refractivity contribution in [2.24, 2.45) is 5.73 Å². The number of nitrogens with two attached hydrogens (primary N) is 1. The van der Waals surface area contributed by atoms with Gasteiger partial charge in [-0.15, -0.1) is 12.4 Å². The van der Waals surface area contributed by atoms with Gasteiger partial charge in [0.1, 0.15) is 0 Å². The minimum Gasteiger partial charge on any atom is -0.504 e. The fraction of sp³-hybridized carbons (Fsp3) is 0.250. The van der Waals surface area contributed by atoms with Crippen LogP contribution in [0.2, 0.25) is 10.0 Å². The van der Waals surface area contributed by atoms with Crippen LogP contribution < -0.4 is 10.5 Å². The largest absolute Gasteiger partial charge is 0.504 e. The molecular weight excluding hydrogens is 248 g/mol. The van der Waals surface area contributed by atoms with Gasteiger partial charge in [0.2, 0.25) is 0 Å². The van der Waals surface area contributed by atoms with E-state index in [4.69, 9.17) is 33.7 Å². The molecule has 0 saturated carbocycles. The summed E-state index contributed by atoms with van der Waals surface area (Å²) in [4.78, 5) is 0. The third kappa shape index (κ3) is 2.36. The molecule has 0 amide bonds. The highest BCUT2D eigenvalue weighted by Crippen LogP contribution is 2.39. The molecule has 0 atom stereocenters. The second-order valence-corrected chi connectivity index (χ2v) is 3.19. The van der Waals surface area contributed by atoms with Crippen LogP contribution in [0.1, 0.15) is 5.56 Å². The summed E-state index contributed by atoms with van der Waals surface area (Å²) in [5.41, 5.74) is 5.78. The van der Waals surface area contributed by atoms with Crippen molar-refractivity contribution in [1.82, 2.24) is 0 Å². The van der Waals surface area contributed by atoms with E-state index < -0.39 is 0 Å². The predicted octanol–water partition coefficient (Wildman–Crippen LogP) is 2.59. The van der Waals surface area contributed by atoms with Crippen LogP contribution >= 0.6 is 35.6 Å². The monoisotopic (exact) mass is 257 g/mol. The van der Waals surface area contributed by atoms with E-state index in [0.29, 0.717) is 10.6 Å². The fourth-order valence-corrected chi connectivity index (χ4v) is 1.42. The Morgan fingerprint density at radius 1 is 1.50 bits per heavy atom. The average molecular weight is 259 g/mol. The first-order valence-corrected chi connectivity index (χ1v) is 4.31. The van der Waals surface area contributed by atoms with Gasteiger partial charge < -0.3 is 15.6 Å². The van der Waals surface area contributed by atoms with E-state index in [9.17, 15) is 5.11 Å². The quantitative estimate of drug-likeness (QED) is 0.857. The first kappa shape index (κ1) is 13.7. The number of ether oxygens (including phenoxy) is 1. The first-order valence-electron chi connectivity index (χ1n) is 3.55. The molecule has 3 N–H and O–H groups in total. The lowest BCUT2D eigenvalue weighted by molar-refractivity contribution is 0.371. The van der Waals surface area contributed by atoms with Gasteiger partial charge in [-0.25, -0.2) is 0 Å². The van der Waals surface area contributed by atoms with E-state index in [1.54, 1.807) is 0 Å². The average Bonchev–Trinajstić information content (AvgIpc) is 2.12. The smallest absolute Gasteiger partial charge is 0.163 e. The molecule has 0 aliphatic carbocycles. The van der Waals surface area contributed by atoms with E-state index in [-0.39, 0.29) is 35.5 Å². The van der Waals surface area contributed by atoms with Crippen LogP contribution in [0.5, 0.6) is 11.5 Å². The van der Waals surface area contributed by atoms with Crippen LogP contribution in [-0.2, 0) is 6.54 Å². The van der Waals surface area contributed by atoms with Crippen molar-refractivity contribution >= 4 is 35.6 Å². The van der Waals surface area contributed by atoms with Gasteiger partial charge in [-0.05, 0) is 0 Å². The Bertz CT molecular complexity index is 331. The molecule has 0 heterocycles. The number of hydrogen-bond donors (Lipinski definition) is 2. The SMILES string of the molecule is COc1cc(Cl)c(Cl)c(CN)c1O.Cl. The fourth-order valence-electron chi connectivity index (χ4n) is 0.986. The summed E-state index contributed by atoms with van der Waals surface area (Å²) in [5.74, 6) is 0.217. The maximum Gasteiger partial charge on any atom is 0.163 e. The number of phenolic OH excluding ortho intramolecular Hbond substituents is 1. The van der Waals surface area contributed by atoms with Crippen LogP contribution in [-0.4, -0.2) is 12.2 Å². The van der Waals surface area contributed by atoms with E-state index in [0.717, 1.165) is 0 Å². The van der Waals surface area contributed by atoms with Crippen molar-refractivity contribution in [2.45, 2.75) is 6.54 Å². The normalized spacial score (nSPS) is 9.43. The van der Waals surface area contributed by atoms with Crippen molar-refractivity contribution in [3.63, 3.8) is 0 Å². The summed E-state index contributed by atoms with van der Waals surface area (Å²) in [5, 5.41) is 10.1. The van der Waals surface area contributed by atoms with Crippen LogP contribution in [0, 0.1) is 0 Å². The van der Waals surface area contributed by atoms with Crippen molar-refractivity contribution < 1.29 is 9.84 Å². The Balaban J connectivity index is 0.00000169. The van der Waals surface area contributed by atoms with Gasteiger partial charge >= 0.3 is 0 Å². The molecule has 0 spiro atoms. The number of rotatable bonds is 2. The Hall–Kier alpha value is -0.350. The molecule has 1 aromatic carbocycles. The van der Waals surface area contributed by atoms with Gasteiger partial charge in [0.05, 0.1) is 17.2 Å².